The van der Waals surface area contributed by atoms with Crippen LogP contribution in [0.2, 0.25) is 0 Å². The van der Waals surface area contributed by atoms with E-state index in [0.717, 1.165) is 22.6 Å². The summed E-state index contributed by atoms with van der Waals surface area (Å²) >= 11 is 0. The van der Waals surface area contributed by atoms with Crippen LogP contribution in [-0.2, 0) is 0 Å². The van der Waals surface area contributed by atoms with Crippen LogP contribution in [0.1, 0.15) is 30.1 Å². The fourth-order valence-corrected chi connectivity index (χ4v) is 2.48. The fourth-order valence-electron chi connectivity index (χ4n) is 2.48. The number of rotatable bonds is 2. The van der Waals surface area contributed by atoms with Gasteiger partial charge in [-0.15, -0.1) is 0 Å². The quantitative estimate of drug-likeness (QED) is 0.695. The van der Waals surface area contributed by atoms with Crippen molar-refractivity contribution in [3.8, 4) is 11.3 Å². The summed E-state index contributed by atoms with van der Waals surface area (Å²) < 4.78 is 1.96. The molecule has 19 heavy (non-hydrogen) atoms. The molecule has 3 nitrogen and oxygen atoms in total. The van der Waals surface area contributed by atoms with Gasteiger partial charge in [-0.1, -0.05) is 30.3 Å². The molecule has 0 radical (unpaired) electrons. The van der Waals surface area contributed by atoms with Gasteiger partial charge >= 0.3 is 0 Å². The van der Waals surface area contributed by atoms with Crippen molar-refractivity contribution in [2.24, 2.45) is 0 Å². The summed E-state index contributed by atoms with van der Waals surface area (Å²) in [4.78, 5) is 4.74. The van der Waals surface area contributed by atoms with E-state index >= 15 is 0 Å². The molecule has 2 aromatic heterocycles. The van der Waals surface area contributed by atoms with Crippen LogP contribution in [0.25, 0.3) is 16.9 Å². The molecule has 0 unspecified atom stereocenters. The van der Waals surface area contributed by atoms with Gasteiger partial charge in [0.25, 0.3) is 0 Å². The number of fused-ring (bicyclic) bond motifs is 1. The van der Waals surface area contributed by atoms with Gasteiger partial charge in [0.2, 0.25) is 0 Å². The van der Waals surface area contributed by atoms with Gasteiger partial charge in [0.05, 0.1) is 11.4 Å². The average Bonchev–Trinajstić information content (AvgIpc) is 3.20. The fraction of sp³-hybridized carbons (Fsp3) is 0.250. The molecular weight excluding hydrogens is 234 g/mol. The van der Waals surface area contributed by atoms with Gasteiger partial charge in [0, 0.05) is 23.2 Å². The van der Waals surface area contributed by atoms with Crippen molar-refractivity contribution in [3.63, 3.8) is 0 Å². The Morgan fingerprint density at radius 1 is 1.11 bits per heavy atom. The summed E-state index contributed by atoms with van der Waals surface area (Å²) in [6, 6.07) is 14.5. The molecule has 94 valence electrons. The maximum absolute atomic E-state index is 4.74. The van der Waals surface area contributed by atoms with E-state index in [2.05, 4.69) is 36.3 Å². The molecule has 0 aliphatic heterocycles. The van der Waals surface area contributed by atoms with E-state index in [9.17, 15) is 0 Å². The molecule has 4 rings (SSSR count). The van der Waals surface area contributed by atoms with Crippen LogP contribution in [0.5, 0.6) is 0 Å². The summed E-state index contributed by atoms with van der Waals surface area (Å²) in [5, 5.41) is 4.66. The summed E-state index contributed by atoms with van der Waals surface area (Å²) in [7, 11) is 0. The highest BCUT2D eigenvalue weighted by atomic mass is 15.3. The highest BCUT2D eigenvalue weighted by molar-refractivity contribution is 5.62. The third kappa shape index (κ3) is 1.82. The molecule has 0 N–H and O–H groups in total. The number of benzene rings is 1. The van der Waals surface area contributed by atoms with Crippen molar-refractivity contribution in [3.05, 3.63) is 53.9 Å². The van der Waals surface area contributed by atoms with Gasteiger partial charge in [-0.3, -0.25) is 0 Å². The molecule has 1 aliphatic carbocycles. The van der Waals surface area contributed by atoms with Crippen molar-refractivity contribution < 1.29 is 0 Å². The zero-order chi connectivity index (χ0) is 12.8. The third-order valence-electron chi connectivity index (χ3n) is 3.69. The van der Waals surface area contributed by atoms with Crippen LogP contribution >= 0.6 is 0 Å². The Bertz CT molecular complexity index is 739. The minimum absolute atomic E-state index is 0.668. The first-order valence-corrected chi connectivity index (χ1v) is 6.74. The monoisotopic (exact) mass is 249 g/mol. The second-order valence-corrected chi connectivity index (χ2v) is 5.26. The maximum atomic E-state index is 4.74. The zero-order valence-electron chi connectivity index (χ0n) is 10.9. The van der Waals surface area contributed by atoms with E-state index in [1.165, 1.54) is 18.5 Å². The van der Waals surface area contributed by atoms with E-state index in [0.29, 0.717) is 5.92 Å². The van der Waals surface area contributed by atoms with Crippen LogP contribution in [0.15, 0.2) is 42.5 Å². The van der Waals surface area contributed by atoms with E-state index < -0.39 is 0 Å². The highest BCUT2D eigenvalue weighted by Crippen LogP contribution is 2.39. The van der Waals surface area contributed by atoms with Gasteiger partial charge in [0.15, 0.2) is 5.65 Å². The zero-order valence-corrected chi connectivity index (χ0v) is 10.9. The molecule has 0 amide bonds. The first kappa shape index (κ1) is 10.7. The minimum atomic E-state index is 0.668. The molecule has 0 spiro atoms. The van der Waals surface area contributed by atoms with Crippen LogP contribution in [0, 0.1) is 6.92 Å². The van der Waals surface area contributed by atoms with Crippen LogP contribution in [0.3, 0.4) is 0 Å². The predicted molar refractivity (Wildman–Crippen MR) is 75.1 cm³/mol. The summed E-state index contributed by atoms with van der Waals surface area (Å²) in [5.74, 6) is 0.668. The smallest absolute Gasteiger partial charge is 0.156 e. The summed E-state index contributed by atoms with van der Waals surface area (Å²) in [6.07, 6.45) is 2.54. The van der Waals surface area contributed by atoms with Gasteiger partial charge < -0.3 is 0 Å². The molecular formula is C16H15N3. The Balaban J connectivity index is 1.89. The molecule has 3 heteroatoms. The van der Waals surface area contributed by atoms with E-state index in [-0.39, 0.29) is 0 Å². The summed E-state index contributed by atoms with van der Waals surface area (Å²) in [6.45, 7) is 2.09. The van der Waals surface area contributed by atoms with Gasteiger partial charge in [-0.05, 0) is 25.8 Å². The number of hydrogen-bond donors (Lipinski definition) is 0. The number of hydrogen-bond acceptors (Lipinski definition) is 2. The second kappa shape index (κ2) is 3.92. The number of aromatic nitrogens is 3. The number of nitrogens with zero attached hydrogens (tertiary/aromatic N) is 3. The molecule has 0 bridgehead atoms. The number of aryl methyl sites for hydroxylation is 1. The Morgan fingerprint density at radius 3 is 2.63 bits per heavy atom. The molecule has 2 heterocycles. The van der Waals surface area contributed by atoms with Crippen molar-refractivity contribution in [1.82, 2.24) is 14.6 Å². The Hall–Kier alpha value is -2.16. The van der Waals surface area contributed by atoms with Gasteiger partial charge in [-0.2, -0.15) is 5.10 Å². The Morgan fingerprint density at radius 2 is 1.89 bits per heavy atom. The van der Waals surface area contributed by atoms with E-state index in [1.807, 2.05) is 22.7 Å². The SMILES string of the molecule is Cc1cc(-c2ccccc2)nc2cc(C3CC3)nn12. The first-order chi connectivity index (χ1) is 9.31. The summed E-state index contributed by atoms with van der Waals surface area (Å²) in [5.41, 5.74) is 5.47. The second-order valence-electron chi connectivity index (χ2n) is 5.26. The molecule has 1 aliphatic rings. The van der Waals surface area contributed by atoms with Crippen molar-refractivity contribution in [1.29, 1.82) is 0 Å². The lowest BCUT2D eigenvalue weighted by atomic mass is 10.1. The Kier molecular flexibility index (Phi) is 2.21. The largest absolute Gasteiger partial charge is 0.229 e. The van der Waals surface area contributed by atoms with Gasteiger partial charge in [-0.25, -0.2) is 9.50 Å². The normalized spacial score (nSPS) is 15.0. The third-order valence-corrected chi connectivity index (χ3v) is 3.69. The topological polar surface area (TPSA) is 30.2 Å². The molecule has 1 saturated carbocycles. The van der Waals surface area contributed by atoms with Crippen LogP contribution in [0.4, 0.5) is 0 Å². The molecule has 1 aromatic carbocycles. The maximum Gasteiger partial charge on any atom is 0.156 e. The van der Waals surface area contributed by atoms with E-state index in [1.54, 1.807) is 0 Å². The van der Waals surface area contributed by atoms with Gasteiger partial charge in [0.1, 0.15) is 0 Å². The standard InChI is InChI=1S/C16H15N3/c1-11-9-14(12-5-3-2-4-6-12)17-16-10-15(13-7-8-13)18-19(11)16/h2-6,9-10,13H,7-8H2,1H3. The lowest BCUT2D eigenvalue weighted by Gasteiger charge is -2.04. The predicted octanol–water partition coefficient (Wildman–Crippen LogP) is 3.58. The first-order valence-electron chi connectivity index (χ1n) is 6.74. The molecule has 3 aromatic rings. The molecule has 0 atom stereocenters. The van der Waals surface area contributed by atoms with Crippen LogP contribution in [-0.4, -0.2) is 14.6 Å². The molecule has 1 fully saturated rings. The lowest BCUT2D eigenvalue weighted by molar-refractivity contribution is 0.852. The average molecular weight is 249 g/mol. The highest BCUT2D eigenvalue weighted by Gasteiger charge is 2.26. The molecule has 0 saturated heterocycles. The van der Waals surface area contributed by atoms with Crippen molar-refractivity contribution in [2.45, 2.75) is 25.7 Å². The van der Waals surface area contributed by atoms with Crippen molar-refractivity contribution in [2.75, 3.05) is 0 Å². The van der Waals surface area contributed by atoms with Crippen LogP contribution < -0.4 is 0 Å². The van der Waals surface area contributed by atoms with Crippen molar-refractivity contribution >= 4 is 5.65 Å². The Labute approximate surface area is 111 Å². The van der Waals surface area contributed by atoms with E-state index in [4.69, 9.17) is 4.98 Å². The lowest BCUT2D eigenvalue weighted by Crippen LogP contribution is -1.97. The minimum Gasteiger partial charge on any atom is -0.229 e.